The third-order valence-corrected chi connectivity index (χ3v) is 2.83. The monoisotopic (exact) mass is 229 g/mol. The Kier molecular flexibility index (Phi) is 1.83. The second-order valence-electron chi connectivity index (χ2n) is 3.14. The second kappa shape index (κ2) is 2.73. The second-order valence-corrected chi connectivity index (χ2v) is 3.99. The molecule has 12 heavy (non-hydrogen) atoms. The number of anilines is 1. The van der Waals surface area contributed by atoms with Crippen molar-refractivity contribution in [2.24, 2.45) is 0 Å². The van der Waals surface area contributed by atoms with Gasteiger partial charge in [0.25, 0.3) is 0 Å². The molecule has 64 valence electrons. The molecule has 1 aromatic rings. The van der Waals surface area contributed by atoms with Gasteiger partial charge < -0.3 is 5.73 Å². The van der Waals surface area contributed by atoms with Gasteiger partial charge in [-0.05, 0) is 30.9 Å². The summed E-state index contributed by atoms with van der Waals surface area (Å²) in [5.74, 6) is 0.148. The molecule has 0 saturated heterocycles. The molecular formula is C9H9BrFN. The van der Waals surface area contributed by atoms with Crippen LogP contribution in [0.5, 0.6) is 0 Å². The van der Waals surface area contributed by atoms with Crippen LogP contribution in [0.15, 0.2) is 16.6 Å². The maximum atomic E-state index is 13.4. The third kappa shape index (κ3) is 1.22. The fourth-order valence-electron chi connectivity index (χ4n) is 1.33. The zero-order valence-electron chi connectivity index (χ0n) is 6.48. The summed E-state index contributed by atoms with van der Waals surface area (Å²) in [4.78, 5) is 0. The Morgan fingerprint density at radius 1 is 1.42 bits per heavy atom. The first kappa shape index (κ1) is 8.05. The number of hydrogen-bond acceptors (Lipinski definition) is 1. The van der Waals surface area contributed by atoms with Crippen LogP contribution in [0.3, 0.4) is 0 Å². The highest BCUT2D eigenvalue weighted by Crippen LogP contribution is 2.45. The lowest BCUT2D eigenvalue weighted by atomic mass is 10.1. The molecule has 1 nitrogen and oxygen atoms in total. The lowest BCUT2D eigenvalue weighted by Gasteiger charge is -2.05. The Hall–Kier alpha value is -0.570. The van der Waals surface area contributed by atoms with Gasteiger partial charge in [-0.15, -0.1) is 0 Å². The van der Waals surface area contributed by atoms with E-state index >= 15 is 0 Å². The zero-order valence-corrected chi connectivity index (χ0v) is 8.07. The molecule has 0 atom stereocenters. The maximum Gasteiger partial charge on any atom is 0.150 e. The normalized spacial score (nSPS) is 16.5. The highest BCUT2D eigenvalue weighted by molar-refractivity contribution is 9.10. The van der Waals surface area contributed by atoms with E-state index in [0.29, 0.717) is 5.92 Å². The van der Waals surface area contributed by atoms with E-state index in [1.807, 2.05) is 6.07 Å². The molecule has 0 bridgehead atoms. The molecule has 0 unspecified atom stereocenters. The largest absolute Gasteiger partial charge is 0.396 e. The molecule has 0 amide bonds. The maximum absolute atomic E-state index is 13.4. The summed E-state index contributed by atoms with van der Waals surface area (Å²) in [5.41, 5.74) is 6.47. The smallest absolute Gasteiger partial charge is 0.150 e. The molecule has 1 aliphatic rings. The van der Waals surface area contributed by atoms with Crippen LogP contribution >= 0.6 is 15.9 Å². The van der Waals surface area contributed by atoms with Crippen LogP contribution in [0.2, 0.25) is 0 Å². The summed E-state index contributed by atoms with van der Waals surface area (Å²) in [7, 11) is 0. The average Bonchev–Trinajstić information content (AvgIpc) is 2.81. The standard InChI is InChI=1S/C9H9BrFN/c10-6-3-4-7(12)9(11)8(6)5-1-2-5/h3-5H,1-2,12H2. The van der Waals surface area contributed by atoms with Gasteiger partial charge in [0, 0.05) is 10.0 Å². The summed E-state index contributed by atoms with van der Waals surface area (Å²) >= 11 is 3.33. The van der Waals surface area contributed by atoms with Crippen LogP contribution in [-0.4, -0.2) is 0 Å². The van der Waals surface area contributed by atoms with Gasteiger partial charge in [-0.3, -0.25) is 0 Å². The lowest BCUT2D eigenvalue weighted by molar-refractivity contribution is 0.614. The van der Waals surface area contributed by atoms with Gasteiger partial charge in [0.15, 0.2) is 5.82 Å². The zero-order chi connectivity index (χ0) is 8.72. The molecule has 0 heterocycles. The van der Waals surface area contributed by atoms with Gasteiger partial charge in [-0.25, -0.2) is 4.39 Å². The SMILES string of the molecule is Nc1ccc(Br)c(C2CC2)c1F. The Morgan fingerprint density at radius 3 is 2.67 bits per heavy atom. The molecule has 2 rings (SSSR count). The molecular weight excluding hydrogens is 221 g/mol. The van der Waals surface area contributed by atoms with Gasteiger partial charge in [-0.2, -0.15) is 0 Å². The molecule has 3 heteroatoms. The molecule has 0 aliphatic heterocycles. The van der Waals surface area contributed by atoms with E-state index in [0.717, 1.165) is 22.9 Å². The molecule has 2 N–H and O–H groups in total. The summed E-state index contributed by atoms with van der Waals surface area (Å²) in [6.45, 7) is 0. The Morgan fingerprint density at radius 2 is 2.08 bits per heavy atom. The first-order valence-corrected chi connectivity index (χ1v) is 4.73. The van der Waals surface area contributed by atoms with Crippen molar-refractivity contribution < 1.29 is 4.39 Å². The Balaban J connectivity index is 2.55. The average molecular weight is 230 g/mol. The highest BCUT2D eigenvalue weighted by Gasteiger charge is 2.29. The number of halogens is 2. The number of rotatable bonds is 1. The first-order valence-electron chi connectivity index (χ1n) is 3.93. The van der Waals surface area contributed by atoms with Crippen molar-refractivity contribution in [2.45, 2.75) is 18.8 Å². The van der Waals surface area contributed by atoms with Gasteiger partial charge in [0.05, 0.1) is 5.69 Å². The van der Waals surface area contributed by atoms with Crippen LogP contribution in [0.1, 0.15) is 24.3 Å². The molecule has 0 spiro atoms. The van der Waals surface area contributed by atoms with Crippen molar-refractivity contribution in [3.8, 4) is 0 Å². The summed E-state index contributed by atoms with van der Waals surface area (Å²) in [6.07, 6.45) is 2.16. The Bertz CT molecular complexity index is 321. The minimum absolute atomic E-state index is 0.244. The van der Waals surface area contributed by atoms with Gasteiger partial charge in [0.1, 0.15) is 0 Å². The third-order valence-electron chi connectivity index (χ3n) is 2.14. The molecule has 1 fully saturated rings. The van der Waals surface area contributed by atoms with Crippen molar-refractivity contribution in [3.63, 3.8) is 0 Å². The molecule has 1 aliphatic carbocycles. The van der Waals surface area contributed by atoms with E-state index in [-0.39, 0.29) is 11.5 Å². The van der Waals surface area contributed by atoms with E-state index in [4.69, 9.17) is 5.73 Å². The molecule has 1 saturated carbocycles. The number of nitrogen functional groups attached to an aromatic ring is 1. The summed E-state index contributed by atoms with van der Waals surface area (Å²) in [6, 6.07) is 3.40. The number of hydrogen-bond donors (Lipinski definition) is 1. The topological polar surface area (TPSA) is 26.0 Å². The van der Waals surface area contributed by atoms with Crippen LogP contribution in [0, 0.1) is 5.82 Å². The predicted molar refractivity (Wildman–Crippen MR) is 50.5 cm³/mol. The van der Waals surface area contributed by atoms with Gasteiger partial charge in [0.2, 0.25) is 0 Å². The Labute approximate surface area is 78.9 Å². The van der Waals surface area contributed by atoms with Gasteiger partial charge in [-0.1, -0.05) is 15.9 Å². The fraction of sp³-hybridized carbons (Fsp3) is 0.333. The molecule has 1 aromatic carbocycles. The van der Waals surface area contributed by atoms with Crippen molar-refractivity contribution >= 4 is 21.6 Å². The van der Waals surface area contributed by atoms with E-state index in [9.17, 15) is 4.39 Å². The minimum Gasteiger partial charge on any atom is -0.396 e. The quantitative estimate of drug-likeness (QED) is 0.737. The molecule has 0 aromatic heterocycles. The van der Waals surface area contributed by atoms with Gasteiger partial charge >= 0.3 is 0 Å². The van der Waals surface area contributed by atoms with Crippen molar-refractivity contribution in [3.05, 3.63) is 28.0 Å². The first-order chi connectivity index (χ1) is 5.70. The van der Waals surface area contributed by atoms with E-state index < -0.39 is 0 Å². The van der Waals surface area contributed by atoms with Crippen molar-refractivity contribution in [1.29, 1.82) is 0 Å². The molecule has 0 radical (unpaired) electrons. The minimum atomic E-state index is -0.244. The van der Waals surface area contributed by atoms with E-state index in [1.54, 1.807) is 6.07 Å². The summed E-state index contributed by atoms with van der Waals surface area (Å²) in [5, 5.41) is 0. The number of nitrogens with two attached hydrogens (primary N) is 1. The lowest BCUT2D eigenvalue weighted by Crippen LogP contribution is -1.96. The summed E-state index contributed by atoms with van der Waals surface area (Å²) < 4.78 is 14.2. The van der Waals surface area contributed by atoms with Crippen molar-refractivity contribution in [1.82, 2.24) is 0 Å². The highest BCUT2D eigenvalue weighted by atomic mass is 79.9. The van der Waals surface area contributed by atoms with Crippen LogP contribution < -0.4 is 5.73 Å². The fourth-order valence-corrected chi connectivity index (χ4v) is 1.96. The predicted octanol–water partition coefficient (Wildman–Crippen LogP) is 3.05. The van der Waals surface area contributed by atoms with Crippen LogP contribution in [-0.2, 0) is 0 Å². The van der Waals surface area contributed by atoms with E-state index in [1.165, 1.54) is 0 Å². The van der Waals surface area contributed by atoms with Crippen molar-refractivity contribution in [2.75, 3.05) is 5.73 Å². The van der Waals surface area contributed by atoms with Crippen LogP contribution in [0.4, 0.5) is 10.1 Å². The van der Waals surface area contributed by atoms with E-state index in [2.05, 4.69) is 15.9 Å². The number of benzene rings is 1. The van der Waals surface area contributed by atoms with Crippen LogP contribution in [0.25, 0.3) is 0 Å².